The van der Waals surface area contributed by atoms with Gasteiger partial charge in [-0.1, -0.05) is 0 Å². The number of benzene rings is 2. The van der Waals surface area contributed by atoms with Gasteiger partial charge in [0.15, 0.2) is 0 Å². The van der Waals surface area contributed by atoms with Gasteiger partial charge in [-0.2, -0.15) is 0 Å². The number of carbonyl (C=O) groups excluding carboxylic acids is 1. The maximum Gasteiger partial charge on any atom is 0.310 e. The molecule has 0 saturated heterocycles. The predicted octanol–water partition coefficient (Wildman–Crippen LogP) is 4.41. The number of carbonyl (C=O) groups is 1. The van der Waals surface area contributed by atoms with E-state index in [1.807, 2.05) is 34.7 Å². The van der Waals surface area contributed by atoms with Crippen LogP contribution in [0, 0.1) is 5.82 Å². The van der Waals surface area contributed by atoms with Gasteiger partial charge in [-0.15, -0.1) is 0 Å². The Morgan fingerprint density at radius 2 is 1.89 bits per heavy atom. The monoisotopic (exact) mass is 378 g/mol. The molecule has 0 bridgehead atoms. The summed E-state index contributed by atoms with van der Waals surface area (Å²) in [4.78, 5) is 16.7. The largest absolute Gasteiger partial charge is 0.497 e. The smallest absolute Gasteiger partial charge is 0.310 e. The highest BCUT2D eigenvalue weighted by Crippen LogP contribution is 2.32. The summed E-state index contributed by atoms with van der Waals surface area (Å²) in [6, 6.07) is 14.0. The Balaban J connectivity index is 1.98. The maximum atomic E-state index is 14.0. The molecule has 142 valence electrons. The van der Waals surface area contributed by atoms with Crippen LogP contribution in [0.2, 0.25) is 0 Å². The van der Waals surface area contributed by atoms with Gasteiger partial charge in [-0.05, 0) is 61.0 Å². The molecular formula is C22H19FN2O3. The fourth-order valence-corrected chi connectivity index (χ4v) is 3.47. The van der Waals surface area contributed by atoms with Crippen molar-refractivity contribution in [2.24, 2.45) is 0 Å². The molecule has 6 heteroatoms. The Hall–Kier alpha value is -3.41. The average Bonchev–Trinajstić information content (AvgIpc) is 3.01. The molecule has 2 aromatic heterocycles. The number of nitrogens with zero attached hydrogens (tertiary/aromatic N) is 2. The summed E-state index contributed by atoms with van der Waals surface area (Å²) in [7, 11) is 1.61. The fourth-order valence-electron chi connectivity index (χ4n) is 3.47. The number of rotatable bonds is 5. The van der Waals surface area contributed by atoms with E-state index in [4.69, 9.17) is 9.47 Å². The molecule has 0 aliphatic heterocycles. The lowest BCUT2D eigenvalue weighted by molar-refractivity contribution is -0.142. The van der Waals surface area contributed by atoms with Crippen molar-refractivity contribution < 1.29 is 18.7 Å². The minimum Gasteiger partial charge on any atom is -0.497 e. The second-order valence-electron chi connectivity index (χ2n) is 6.34. The molecule has 0 aliphatic carbocycles. The van der Waals surface area contributed by atoms with Gasteiger partial charge in [0, 0.05) is 17.1 Å². The zero-order valence-electron chi connectivity index (χ0n) is 15.6. The van der Waals surface area contributed by atoms with Crippen LogP contribution < -0.4 is 4.74 Å². The van der Waals surface area contributed by atoms with Gasteiger partial charge in [0.2, 0.25) is 0 Å². The number of esters is 1. The molecule has 0 saturated carbocycles. The van der Waals surface area contributed by atoms with E-state index in [0.717, 1.165) is 27.9 Å². The van der Waals surface area contributed by atoms with E-state index < -0.39 is 0 Å². The number of halogens is 1. The highest BCUT2D eigenvalue weighted by atomic mass is 19.1. The van der Waals surface area contributed by atoms with E-state index in [0.29, 0.717) is 17.8 Å². The molecule has 4 aromatic rings. The predicted molar refractivity (Wildman–Crippen MR) is 105 cm³/mol. The molecule has 2 heterocycles. The van der Waals surface area contributed by atoms with Crippen molar-refractivity contribution in [1.29, 1.82) is 0 Å². The second kappa shape index (κ2) is 7.31. The van der Waals surface area contributed by atoms with Gasteiger partial charge in [-0.25, -0.2) is 9.37 Å². The molecule has 0 radical (unpaired) electrons. The normalized spacial score (nSPS) is 11.1. The number of aromatic nitrogens is 2. The number of hydrogen-bond acceptors (Lipinski definition) is 4. The van der Waals surface area contributed by atoms with Crippen LogP contribution in [0.5, 0.6) is 5.75 Å². The summed E-state index contributed by atoms with van der Waals surface area (Å²) in [6.45, 7) is 2.06. The number of ether oxygens (including phenoxy) is 2. The Labute approximate surface area is 161 Å². The molecule has 0 fully saturated rings. The Morgan fingerprint density at radius 1 is 1.11 bits per heavy atom. The molecule has 5 nitrogen and oxygen atoms in total. The van der Waals surface area contributed by atoms with Crippen LogP contribution in [0.15, 0.2) is 54.7 Å². The van der Waals surface area contributed by atoms with E-state index in [2.05, 4.69) is 4.98 Å². The molecular weight excluding hydrogens is 359 g/mol. The maximum absolute atomic E-state index is 14.0. The summed E-state index contributed by atoms with van der Waals surface area (Å²) in [5.41, 5.74) is 3.20. The van der Waals surface area contributed by atoms with Crippen LogP contribution in [-0.4, -0.2) is 29.1 Å². The van der Waals surface area contributed by atoms with Crippen molar-refractivity contribution in [1.82, 2.24) is 9.38 Å². The zero-order valence-corrected chi connectivity index (χ0v) is 15.6. The van der Waals surface area contributed by atoms with Gasteiger partial charge in [0.25, 0.3) is 0 Å². The van der Waals surface area contributed by atoms with E-state index in [9.17, 15) is 9.18 Å². The highest BCUT2D eigenvalue weighted by molar-refractivity contribution is 5.96. The van der Waals surface area contributed by atoms with Crippen LogP contribution in [-0.2, 0) is 16.0 Å². The first kappa shape index (κ1) is 18.0. The Kier molecular flexibility index (Phi) is 4.69. The standard InChI is InChI=1S/C22H19FN2O3/c1-3-28-21(26)13-18-17-12-15(23)6-9-19(17)25-20(18)10-11-24-22(25)14-4-7-16(27-2)8-5-14/h4-12H,3,13H2,1-2H3. The Bertz CT molecular complexity index is 1170. The molecule has 4 rings (SSSR count). The van der Waals surface area contributed by atoms with E-state index >= 15 is 0 Å². The average molecular weight is 378 g/mol. The lowest BCUT2D eigenvalue weighted by atomic mass is 10.1. The van der Waals surface area contributed by atoms with Gasteiger partial charge in [-0.3, -0.25) is 9.20 Å². The topological polar surface area (TPSA) is 52.8 Å². The van der Waals surface area contributed by atoms with Crippen molar-refractivity contribution in [3.8, 4) is 17.1 Å². The summed E-state index contributed by atoms with van der Waals surface area (Å²) in [6.07, 6.45) is 1.76. The summed E-state index contributed by atoms with van der Waals surface area (Å²) in [5, 5.41) is 0.677. The third kappa shape index (κ3) is 3.07. The lowest BCUT2D eigenvalue weighted by Gasteiger charge is -2.08. The van der Waals surface area contributed by atoms with Crippen LogP contribution in [0.3, 0.4) is 0 Å². The first-order valence-corrected chi connectivity index (χ1v) is 9.00. The second-order valence-corrected chi connectivity index (χ2v) is 6.34. The molecule has 0 aliphatic rings. The number of fused-ring (bicyclic) bond motifs is 3. The van der Waals surface area contributed by atoms with Gasteiger partial charge in [0.05, 0.1) is 31.2 Å². The number of hydrogen-bond donors (Lipinski definition) is 0. The molecule has 0 unspecified atom stereocenters. The Morgan fingerprint density at radius 3 is 2.61 bits per heavy atom. The summed E-state index contributed by atoms with van der Waals surface area (Å²) in [5.74, 6) is 0.752. The van der Waals surface area contributed by atoms with Crippen LogP contribution >= 0.6 is 0 Å². The molecule has 2 aromatic carbocycles. The lowest BCUT2D eigenvalue weighted by Crippen LogP contribution is -2.07. The van der Waals surface area contributed by atoms with Gasteiger partial charge < -0.3 is 9.47 Å². The van der Waals surface area contributed by atoms with Gasteiger partial charge >= 0.3 is 5.97 Å². The third-order valence-corrected chi connectivity index (χ3v) is 4.69. The van der Waals surface area contributed by atoms with Crippen molar-refractivity contribution >= 4 is 22.4 Å². The molecule has 28 heavy (non-hydrogen) atoms. The van der Waals surface area contributed by atoms with Gasteiger partial charge in [0.1, 0.15) is 17.4 Å². The SMILES string of the molecule is CCOC(=O)Cc1c2cc(F)ccc2n2c(-c3ccc(OC)cc3)nccc12. The fraction of sp³-hybridized carbons (Fsp3) is 0.182. The summed E-state index contributed by atoms with van der Waals surface area (Å²) >= 11 is 0. The molecule has 0 atom stereocenters. The van der Waals surface area contributed by atoms with Crippen LogP contribution in [0.25, 0.3) is 27.8 Å². The minimum atomic E-state index is -0.354. The zero-order chi connectivity index (χ0) is 19.7. The van der Waals surface area contributed by atoms with Crippen molar-refractivity contribution in [2.45, 2.75) is 13.3 Å². The third-order valence-electron chi connectivity index (χ3n) is 4.69. The molecule has 0 amide bonds. The van der Waals surface area contributed by atoms with Crippen LogP contribution in [0.1, 0.15) is 12.5 Å². The summed E-state index contributed by atoms with van der Waals surface area (Å²) < 4.78 is 26.3. The number of methoxy groups -OCH3 is 1. The molecule has 0 N–H and O–H groups in total. The first-order valence-electron chi connectivity index (χ1n) is 9.00. The van der Waals surface area contributed by atoms with Crippen LogP contribution in [0.4, 0.5) is 4.39 Å². The first-order chi connectivity index (χ1) is 13.6. The van der Waals surface area contributed by atoms with Crippen molar-refractivity contribution in [3.05, 3.63) is 66.1 Å². The van der Waals surface area contributed by atoms with E-state index in [-0.39, 0.29) is 18.2 Å². The van der Waals surface area contributed by atoms with E-state index in [1.165, 1.54) is 12.1 Å². The quantitative estimate of drug-likeness (QED) is 0.483. The van der Waals surface area contributed by atoms with E-state index in [1.54, 1.807) is 26.3 Å². The van der Waals surface area contributed by atoms with Crippen molar-refractivity contribution in [2.75, 3.05) is 13.7 Å². The highest BCUT2D eigenvalue weighted by Gasteiger charge is 2.19. The molecule has 0 spiro atoms. The van der Waals surface area contributed by atoms with Crippen molar-refractivity contribution in [3.63, 3.8) is 0 Å². The minimum absolute atomic E-state index is 0.0658.